The molecule has 0 aromatic rings. The van der Waals surface area contributed by atoms with Crippen LogP contribution in [0.2, 0.25) is 0 Å². The smallest absolute Gasteiger partial charge is 0.163 e. The third kappa shape index (κ3) is 1.41. The Hall–Kier alpha value is -0.590. The summed E-state index contributed by atoms with van der Waals surface area (Å²) >= 11 is 0. The van der Waals surface area contributed by atoms with Gasteiger partial charge in [-0.05, 0) is 19.4 Å². The zero-order valence-electron chi connectivity index (χ0n) is 5.22. The third-order valence-electron chi connectivity index (χ3n) is 1.57. The monoisotopic (exact) mass is 126 g/mol. The summed E-state index contributed by atoms with van der Waals surface area (Å²) < 4.78 is 0. The van der Waals surface area contributed by atoms with Crippen molar-refractivity contribution in [3.63, 3.8) is 0 Å². The Morgan fingerprint density at radius 1 is 1.67 bits per heavy atom. The highest BCUT2D eigenvalue weighted by molar-refractivity contribution is 5.03. The molecular formula is C6H10N2O. The van der Waals surface area contributed by atoms with E-state index >= 15 is 0 Å². The van der Waals surface area contributed by atoms with Crippen molar-refractivity contribution in [2.75, 3.05) is 13.1 Å². The van der Waals surface area contributed by atoms with Crippen molar-refractivity contribution in [3.8, 4) is 6.07 Å². The van der Waals surface area contributed by atoms with E-state index in [0.29, 0.717) is 13.0 Å². The van der Waals surface area contributed by atoms with Crippen LogP contribution in [0.5, 0.6) is 0 Å². The summed E-state index contributed by atoms with van der Waals surface area (Å²) in [7, 11) is 0. The fourth-order valence-corrected chi connectivity index (χ4v) is 0.985. The van der Waals surface area contributed by atoms with Gasteiger partial charge >= 0.3 is 0 Å². The van der Waals surface area contributed by atoms with Crippen molar-refractivity contribution in [2.24, 2.45) is 0 Å². The van der Waals surface area contributed by atoms with Crippen LogP contribution in [0.4, 0.5) is 0 Å². The number of hydrogen-bond donors (Lipinski definition) is 2. The minimum atomic E-state index is -1.09. The first-order valence-corrected chi connectivity index (χ1v) is 3.11. The molecule has 0 radical (unpaired) electrons. The molecule has 1 saturated heterocycles. The van der Waals surface area contributed by atoms with Gasteiger partial charge in [0.2, 0.25) is 0 Å². The van der Waals surface area contributed by atoms with Crippen LogP contribution in [0, 0.1) is 11.3 Å². The highest BCUT2D eigenvalue weighted by atomic mass is 16.3. The summed E-state index contributed by atoms with van der Waals surface area (Å²) in [6.45, 7) is 1.34. The summed E-state index contributed by atoms with van der Waals surface area (Å²) in [6, 6.07) is 1.87. The summed E-state index contributed by atoms with van der Waals surface area (Å²) in [5, 5.41) is 20.6. The lowest BCUT2D eigenvalue weighted by molar-refractivity contribution is 0.0715. The zero-order chi connectivity index (χ0) is 6.74. The highest BCUT2D eigenvalue weighted by Gasteiger charge is 2.27. The largest absolute Gasteiger partial charge is 0.374 e. The van der Waals surface area contributed by atoms with Gasteiger partial charge < -0.3 is 10.4 Å². The molecule has 50 valence electrons. The summed E-state index contributed by atoms with van der Waals surface area (Å²) in [5.74, 6) is 0. The van der Waals surface area contributed by atoms with Crippen molar-refractivity contribution >= 4 is 0 Å². The lowest BCUT2D eigenvalue weighted by Crippen LogP contribution is -2.44. The molecule has 1 heterocycles. The summed E-state index contributed by atoms with van der Waals surface area (Å²) in [5.41, 5.74) is -1.09. The van der Waals surface area contributed by atoms with Crippen LogP contribution in [-0.2, 0) is 0 Å². The van der Waals surface area contributed by atoms with Crippen molar-refractivity contribution < 1.29 is 5.11 Å². The summed E-state index contributed by atoms with van der Waals surface area (Å²) in [4.78, 5) is 0. The van der Waals surface area contributed by atoms with E-state index < -0.39 is 5.60 Å². The first kappa shape index (κ1) is 6.53. The molecule has 1 aliphatic rings. The molecule has 3 nitrogen and oxygen atoms in total. The maximum atomic E-state index is 9.26. The molecule has 1 atom stereocenters. The molecule has 0 saturated carbocycles. The van der Waals surface area contributed by atoms with Gasteiger partial charge in [0, 0.05) is 6.54 Å². The Balaban J connectivity index is 2.49. The van der Waals surface area contributed by atoms with E-state index in [4.69, 9.17) is 5.26 Å². The molecule has 0 aromatic heterocycles. The van der Waals surface area contributed by atoms with Gasteiger partial charge in [-0.2, -0.15) is 5.26 Å². The molecule has 2 N–H and O–H groups in total. The van der Waals surface area contributed by atoms with Crippen LogP contribution in [-0.4, -0.2) is 23.8 Å². The lowest BCUT2D eigenvalue weighted by Gasteiger charge is -2.25. The Morgan fingerprint density at radius 3 is 2.78 bits per heavy atom. The number of nitrogens with zero attached hydrogens (tertiary/aromatic N) is 1. The number of nitrogens with one attached hydrogen (secondary N) is 1. The molecule has 0 aliphatic carbocycles. The maximum absolute atomic E-state index is 9.26. The van der Waals surface area contributed by atoms with Crippen molar-refractivity contribution in [1.82, 2.24) is 5.32 Å². The molecule has 9 heavy (non-hydrogen) atoms. The van der Waals surface area contributed by atoms with Gasteiger partial charge in [0.15, 0.2) is 5.60 Å². The molecule has 0 bridgehead atoms. The number of hydrogen-bond acceptors (Lipinski definition) is 3. The van der Waals surface area contributed by atoms with Crippen molar-refractivity contribution in [1.29, 1.82) is 5.26 Å². The molecule has 1 rings (SSSR count). The number of β-amino-alcohol motifs (C(OH)–C–C–N with tert-alkyl or cyclic N) is 1. The SMILES string of the molecule is N#C[C@@]1(O)CCCNC1. The normalized spacial score (nSPS) is 35.6. The average Bonchev–Trinajstić information content (AvgIpc) is 1.90. The Morgan fingerprint density at radius 2 is 2.44 bits per heavy atom. The second kappa shape index (κ2) is 2.34. The first-order valence-electron chi connectivity index (χ1n) is 3.11. The minimum Gasteiger partial charge on any atom is -0.374 e. The quantitative estimate of drug-likeness (QED) is 0.435. The van der Waals surface area contributed by atoms with Gasteiger partial charge in [-0.3, -0.25) is 0 Å². The molecule has 1 fully saturated rings. The fraction of sp³-hybridized carbons (Fsp3) is 0.833. The zero-order valence-corrected chi connectivity index (χ0v) is 5.22. The van der Waals surface area contributed by atoms with E-state index in [2.05, 4.69) is 5.32 Å². The van der Waals surface area contributed by atoms with Gasteiger partial charge in [0.25, 0.3) is 0 Å². The minimum absolute atomic E-state index is 0.420. The molecule has 0 unspecified atom stereocenters. The van der Waals surface area contributed by atoms with Crippen LogP contribution in [0.3, 0.4) is 0 Å². The Bertz CT molecular complexity index is 132. The number of piperidine rings is 1. The highest BCUT2D eigenvalue weighted by Crippen LogP contribution is 2.13. The average molecular weight is 126 g/mol. The Labute approximate surface area is 54.3 Å². The van der Waals surface area contributed by atoms with Crippen molar-refractivity contribution in [2.45, 2.75) is 18.4 Å². The van der Waals surface area contributed by atoms with E-state index in [-0.39, 0.29) is 0 Å². The standard InChI is InChI=1S/C6H10N2O/c7-4-6(9)2-1-3-8-5-6/h8-9H,1-3,5H2/t6-/m0/s1. The van der Waals surface area contributed by atoms with Crippen LogP contribution in [0.1, 0.15) is 12.8 Å². The molecule has 0 aromatic carbocycles. The second-order valence-corrected chi connectivity index (χ2v) is 2.42. The number of nitriles is 1. The van der Waals surface area contributed by atoms with E-state index in [0.717, 1.165) is 13.0 Å². The van der Waals surface area contributed by atoms with Crippen LogP contribution in [0.25, 0.3) is 0 Å². The maximum Gasteiger partial charge on any atom is 0.163 e. The topological polar surface area (TPSA) is 56.0 Å². The first-order chi connectivity index (χ1) is 4.27. The van der Waals surface area contributed by atoms with Gasteiger partial charge in [0.05, 0.1) is 6.07 Å². The molecular weight excluding hydrogens is 116 g/mol. The van der Waals surface area contributed by atoms with Crippen LogP contribution in [0.15, 0.2) is 0 Å². The molecule has 3 heteroatoms. The second-order valence-electron chi connectivity index (χ2n) is 2.42. The molecule has 0 amide bonds. The van der Waals surface area contributed by atoms with E-state index in [9.17, 15) is 5.11 Å². The van der Waals surface area contributed by atoms with E-state index in [1.54, 1.807) is 0 Å². The molecule has 1 aliphatic heterocycles. The number of aliphatic hydroxyl groups is 1. The van der Waals surface area contributed by atoms with E-state index in [1.165, 1.54) is 0 Å². The predicted molar refractivity (Wildman–Crippen MR) is 32.7 cm³/mol. The van der Waals surface area contributed by atoms with Gasteiger partial charge in [-0.1, -0.05) is 0 Å². The third-order valence-corrected chi connectivity index (χ3v) is 1.57. The van der Waals surface area contributed by atoms with Crippen molar-refractivity contribution in [3.05, 3.63) is 0 Å². The van der Waals surface area contributed by atoms with Gasteiger partial charge in [0.1, 0.15) is 0 Å². The Kier molecular flexibility index (Phi) is 1.70. The van der Waals surface area contributed by atoms with Gasteiger partial charge in [-0.15, -0.1) is 0 Å². The summed E-state index contributed by atoms with van der Waals surface area (Å²) in [6.07, 6.45) is 1.50. The predicted octanol–water partition coefficient (Wildman–Crippen LogP) is -0.376. The van der Waals surface area contributed by atoms with Crippen LogP contribution >= 0.6 is 0 Å². The van der Waals surface area contributed by atoms with Gasteiger partial charge in [-0.25, -0.2) is 0 Å². The lowest BCUT2D eigenvalue weighted by atomic mass is 9.96. The molecule has 0 spiro atoms. The van der Waals surface area contributed by atoms with Crippen LogP contribution < -0.4 is 5.32 Å². The fourth-order valence-electron chi connectivity index (χ4n) is 0.985. The number of rotatable bonds is 0. The van der Waals surface area contributed by atoms with E-state index in [1.807, 2.05) is 6.07 Å².